The van der Waals surface area contributed by atoms with Crippen LogP contribution in [0.25, 0.3) is 0 Å². The molecule has 6 atom stereocenters. The van der Waals surface area contributed by atoms with Crippen LogP contribution in [0.3, 0.4) is 0 Å². The number of quaternary nitrogens is 6. The van der Waals surface area contributed by atoms with Crippen LogP contribution in [-0.4, -0.2) is 295 Å². The highest BCUT2D eigenvalue weighted by molar-refractivity contribution is 4.78. The molecular weight excluding hydrogens is 889 g/mol. The van der Waals surface area contributed by atoms with Crippen molar-refractivity contribution in [1.82, 2.24) is 29.4 Å². The number of nitrogens with zero attached hydrogens (tertiary/aromatic N) is 12. The molecule has 6 aliphatic heterocycles. The molecule has 12 heteroatoms. The lowest BCUT2D eigenvalue weighted by molar-refractivity contribution is -0.923. The third-order valence-corrected chi connectivity index (χ3v) is 20.0. The molecule has 0 aromatic rings. The smallest absolute Gasteiger partial charge is 0.135 e. The molecule has 0 amide bonds. The van der Waals surface area contributed by atoms with E-state index in [2.05, 4.69) is 148 Å². The lowest BCUT2D eigenvalue weighted by Crippen LogP contribution is -2.57. The van der Waals surface area contributed by atoms with Crippen LogP contribution < -0.4 is 0 Å². The fraction of sp³-hybridized carbons (Fsp3) is 1.00. The normalized spacial score (nSPS) is 34.9. The summed E-state index contributed by atoms with van der Waals surface area (Å²) in [7, 11) is 16.5. The molecule has 8 aliphatic rings. The number of hydrogen-bond acceptors (Lipinski definition) is 6. The van der Waals surface area contributed by atoms with Gasteiger partial charge in [0.1, 0.15) is 40.0 Å². The summed E-state index contributed by atoms with van der Waals surface area (Å²) in [6, 6.07) is 2.58. The molecule has 0 aromatic heterocycles. The molecule has 6 saturated heterocycles. The summed E-state index contributed by atoms with van der Waals surface area (Å²) in [6.07, 6.45) is 20.0. The van der Waals surface area contributed by atoms with Crippen molar-refractivity contribution in [3.05, 3.63) is 0 Å². The predicted molar refractivity (Wildman–Crippen MR) is 313 cm³/mol. The van der Waals surface area contributed by atoms with Gasteiger partial charge in [-0.25, -0.2) is 9.80 Å². The van der Waals surface area contributed by atoms with E-state index in [0.717, 1.165) is 12.1 Å². The first-order chi connectivity index (χ1) is 34.1. The maximum atomic E-state index is 2.75. The highest BCUT2D eigenvalue weighted by Crippen LogP contribution is 2.28. The van der Waals surface area contributed by atoms with E-state index in [1.165, 1.54) is 288 Å². The third kappa shape index (κ3) is 22.8. The Kier molecular flexibility index (Phi) is 29.6. The summed E-state index contributed by atoms with van der Waals surface area (Å²) in [5.74, 6) is 0. The Hall–Kier alpha value is -0.480. The molecular formula is C60H134N12+6. The van der Waals surface area contributed by atoms with Gasteiger partial charge in [-0.3, -0.25) is 19.6 Å². The molecule has 0 unspecified atom stereocenters. The highest BCUT2D eigenvalue weighted by atomic mass is 15.5. The molecule has 0 aromatic carbocycles. The van der Waals surface area contributed by atoms with Gasteiger partial charge in [0.25, 0.3) is 0 Å². The fourth-order valence-electron chi connectivity index (χ4n) is 13.2. The van der Waals surface area contributed by atoms with Crippen LogP contribution in [0.5, 0.6) is 0 Å². The largest absolute Gasteiger partial charge is 0.314 e. The van der Waals surface area contributed by atoms with Gasteiger partial charge in [0.15, 0.2) is 0 Å². The minimum atomic E-state index is 0.717. The zero-order valence-electron chi connectivity index (χ0n) is 52.4. The summed E-state index contributed by atoms with van der Waals surface area (Å²) < 4.78 is 7.51. The Bertz CT molecular complexity index is 1410. The summed E-state index contributed by atoms with van der Waals surface area (Å²) in [4.78, 5) is 15.7. The average Bonchev–Trinajstić information content (AvgIpc) is 4.17. The Balaban J connectivity index is 0.000000229. The monoisotopic (exact) mass is 1020 g/mol. The minimum absolute atomic E-state index is 0.717. The van der Waals surface area contributed by atoms with Gasteiger partial charge in [-0.05, 0) is 94.5 Å². The van der Waals surface area contributed by atoms with Crippen molar-refractivity contribution in [3.8, 4) is 0 Å². The van der Waals surface area contributed by atoms with Crippen molar-refractivity contribution in [2.24, 2.45) is 0 Å². The second kappa shape index (κ2) is 32.4. The van der Waals surface area contributed by atoms with Crippen LogP contribution in [0.2, 0.25) is 0 Å². The van der Waals surface area contributed by atoms with E-state index in [0.29, 0.717) is 6.04 Å². The Morgan fingerprint density at radius 2 is 0.736 bits per heavy atom. The Morgan fingerprint density at radius 1 is 0.375 bits per heavy atom. The fourth-order valence-corrected chi connectivity index (χ4v) is 13.2. The molecule has 0 radical (unpaired) electrons. The van der Waals surface area contributed by atoms with E-state index in [1.54, 1.807) is 0 Å². The molecule has 12 nitrogen and oxygen atoms in total. The van der Waals surface area contributed by atoms with Crippen molar-refractivity contribution < 1.29 is 26.9 Å². The van der Waals surface area contributed by atoms with Gasteiger partial charge in [-0.15, -0.1) is 0 Å². The van der Waals surface area contributed by atoms with Crippen LogP contribution >= 0.6 is 0 Å². The second-order valence-corrected chi connectivity index (χ2v) is 26.9. The molecule has 0 spiro atoms. The summed E-state index contributed by atoms with van der Waals surface area (Å²) in [5, 5.41) is 0. The van der Waals surface area contributed by atoms with Gasteiger partial charge in [-0.2, -0.15) is 0 Å². The summed E-state index contributed by atoms with van der Waals surface area (Å²) in [5.41, 5.74) is 0. The average molecular weight is 1020 g/mol. The van der Waals surface area contributed by atoms with Gasteiger partial charge in [-0.1, -0.05) is 46.0 Å². The molecule has 6 heterocycles. The zero-order valence-corrected chi connectivity index (χ0v) is 52.4. The quantitative estimate of drug-likeness (QED) is 0.181. The van der Waals surface area contributed by atoms with Crippen LogP contribution in [0.4, 0.5) is 0 Å². The molecule has 0 bridgehead atoms. The maximum Gasteiger partial charge on any atom is 0.135 e. The number of likely N-dealkylation sites (N-methyl/N-ethyl adjacent to an activating group) is 2. The van der Waals surface area contributed by atoms with Gasteiger partial charge in [0.2, 0.25) is 0 Å². The highest BCUT2D eigenvalue weighted by Gasteiger charge is 2.37. The maximum absolute atomic E-state index is 2.75. The first-order valence-electron chi connectivity index (χ1n) is 31.5. The van der Waals surface area contributed by atoms with E-state index >= 15 is 0 Å². The molecule has 8 fully saturated rings. The molecule has 2 saturated carbocycles. The van der Waals surface area contributed by atoms with Gasteiger partial charge in [0.05, 0.1) is 134 Å². The van der Waals surface area contributed by atoms with E-state index in [-0.39, 0.29) is 0 Å². The Labute approximate surface area is 452 Å². The van der Waals surface area contributed by atoms with E-state index < -0.39 is 0 Å². The van der Waals surface area contributed by atoms with E-state index in [4.69, 9.17) is 0 Å². The molecule has 8 rings (SSSR count). The van der Waals surface area contributed by atoms with Crippen LogP contribution in [0.15, 0.2) is 0 Å². The number of hydrogen-bond donors (Lipinski definition) is 0. The van der Waals surface area contributed by atoms with Crippen molar-refractivity contribution in [1.29, 1.82) is 0 Å². The third-order valence-electron chi connectivity index (χ3n) is 20.0. The van der Waals surface area contributed by atoms with Gasteiger partial charge < -0.3 is 26.9 Å². The SMILES string of the molecule is CCCN1CCC[N@@+](C)(CC)C1.CCN1CCC[N@@+](C)(CC)C1.CC[N@+]1(C)CCCN(C(C)C)C1.CC[N@+]1(C)CCCN(C)C1.CC[N@+]1(C)CCN(C2CCCC2)C1.CC[N@+]1(C)CCN(C2CCCCC2)C1. The van der Waals surface area contributed by atoms with Gasteiger partial charge in [0, 0.05) is 83.1 Å². The summed E-state index contributed by atoms with van der Waals surface area (Å²) in [6.45, 7) is 56.8. The molecule has 72 heavy (non-hydrogen) atoms. The van der Waals surface area contributed by atoms with E-state index in [1.807, 2.05) is 0 Å². The van der Waals surface area contributed by atoms with E-state index in [9.17, 15) is 0 Å². The lowest BCUT2D eigenvalue weighted by Gasteiger charge is -2.43. The first-order valence-corrected chi connectivity index (χ1v) is 31.5. The number of rotatable bonds is 12. The van der Waals surface area contributed by atoms with Crippen molar-refractivity contribution in [2.45, 2.75) is 177 Å². The molecule has 428 valence electrons. The minimum Gasteiger partial charge on any atom is -0.314 e. The molecule has 0 N–H and O–H groups in total. The topological polar surface area (TPSA) is 19.4 Å². The summed E-state index contributed by atoms with van der Waals surface area (Å²) >= 11 is 0. The van der Waals surface area contributed by atoms with Crippen LogP contribution in [0, 0.1) is 0 Å². The van der Waals surface area contributed by atoms with Crippen molar-refractivity contribution >= 4 is 0 Å². The van der Waals surface area contributed by atoms with Crippen molar-refractivity contribution in [3.63, 3.8) is 0 Å². The standard InChI is InChI=1S/C12H25N2.C11H23N2.2C10H23N2.C9H21N2.C8H19N2/c1-3-14(2)10-9-13(11-14)12-7-5-4-6-8-12;1-3-13(2)9-8-12(10-13)11-6-4-5-7-11;1-5-12(4)8-6-7-11(9-12)10(2)3;1-4-7-11-8-6-9-12(3,5-2)10-11;1-4-10-7-6-8-11(3,5-2)9-10;1-4-10(3)7-5-6-9(2)8-10/h12H,3-11H2,1-2H3;11H,3-10H2,1-2H3;10H,5-9H2,1-4H3;4-10H2,1-3H3;4-9H2,1-3H3;4-8H2,1-3H3/q6*+1/t14-;13-;2*12-;11-;10-/m111111/s1. The molecule has 2 aliphatic carbocycles. The lowest BCUT2D eigenvalue weighted by atomic mass is 9.94. The Morgan fingerprint density at radius 3 is 1.11 bits per heavy atom. The van der Waals surface area contributed by atoms with Crippen LogP contribution in [-0.2, 0) is 0 Å². The van der Waals surface area contributed by atoms with Gasteiger partial charge >= 0.3 is 0 Å². The predicted octanol–water partition coefficient (Wildman–Crippen LogP) is 8.66. The van der Waals surface area contributed by atoms with Crippen LogP contribution in [0.1, 0.15) is 159 Å². The first kappa shape index (κ1) is 65.8. The zero-order chi connectivity index (χ0) is 53.5. The van der Waals surface area contributed by atoms with Crippen molar-refractivity contribution in [2.75, 3.05) is 220 Å². The second-order valence-electron chi connectivity index (χ2n) is 26.9.